The van der Waals surface area contributed by atoms with Crippen molar-refractivity contribution in [1.82, 2.24) is 5.16 Å². The zero-order valence-electron chi connectivity index (χ0n) is 22.5. The van der Waals surface area contributed by atoms with Gasteiger partial charge >= 0.3 is 0 Å². The fourth-order valence-electron chi connectivity index (χ4n) is 5.86. The number of nitrogens with zero attached hydrogens (tertiary/aromatic N) is 3. The zero-order valence-corrected chi connectivity index (χ0v) is 22.0. The molecule has 7 nitrogen and oxygen atoms in total. The van der Waals surface area contributed by atoms with E-state index in [9.17, 15) is 0 Å². The molecule has 2 saturated heterocycles. The highest BCUT2D eigenvalue weighted by Crippen LogP contribution is 2.47. The van der Waals surface area contributed by atoms with Crippen LogP contribution in [-0.4, -0.2) is 34.4 Å². The first kappa shape index (κ1) is 22.3. The highest BCUT2D eigenvalue weighted by Gasteiger charge is 2.42. The van der Waals surface area contributed by atoms with Gasteiger partial charge in [0.2, 0.25) is 0 Å². The van der Waals surface area contributed by atoms with E-state index < -0.39 is 6.56 Å². The Morgan fingerprint density at radius 2 is 1.89 bits per heavy atom. The summed E-state index contributed by atoms with van der Waals surface area (Å²) in [5.74, 6) is 0.733. The van der Waals surface area contributed by atoms with Gasteiger partial charge < -0.3 is 25.1 Å². The molecule has 37 heavy (non-hydrogen) atoms. The van der Waals surface area contributed by atoms with E-state index in [2.05, 4.69) is 21.3 Å². The van der Waals surface area contributed by atoms with Gasteiger partial charge in [-0.05, 0) is 81.3 Å². The van der Waals surface area contributed by atoms with Crippen LogP contribution in [0.4, 0.5) is 5.69 Å². The monoisotopic (exact) mass is 542 g/mol. The van der Waals surface area contributed by atoms with Crippen LogP contribution in [0.1, 0.15) is 69.6 Å². The van der Waals surface area contributed by atoms with Crippen LogP contribution in [0.2, 0.25) is 10.0 Å². The number of nitrogens with two attached hydrogens (primary N) is 1. The minimum Gasteiger partial charge on any atom is -0.409 e. The van der Waals surface area contributed by atoms with Crippen molar-refractivity contribution in [2.45, 2.75) is 76.1 Å². The molecular weight excluding hydrogens is 511 g/mol. The highest BCUT2D eigenvalue weighted by atomic mass is 35.5. The Hall–Kier alpha value is -2.74. The van der Waals surface area contributed by atoms with Crippen LogP contribution in [0.15, 0.2) is 46.1 Å². The zero-order chi connectivity index (χ0) is 27.5. The first-order chi connectivity index (χ1) is 18.7. The van der Waals surface area contributed by atoms with Gasteiger partial charge in [-0.15, -0.1) is 0 Å². The van der Waals surface area contributed by atoms with Crippen LogP contribution in [0.25, 0.3) is 11.3 Å². The van der Waals surface area contributed by atoms with Crippen molar-refractivity contribution in [3.8, 4) is 11.3 Å². The average molecular weight is 543 g/mol. The molecule has 3 N–H and O–H groups in total. The summed E-state index contributed by atoms with van der Waals surface area (Å²) in [5.41, 5.74) is 9.59. The molecule has 0 spiro atoms. The molecule has 1 aliphatic carbocycles. The average Bonchev–Trinajstić information content (AvgIpc) is 3.58. The van der Waals surface area contributed by atoms with Crippen molar-refractivity contribution in [2.24, 2.45) is 10.9 Å². The number of hydrogen-bond acceptors (Lipinski definition) is 6. The van der Waals surface area contributed by atoms with E-state index in [-0.39, 0.29) is 29.9 Å². The van der Waals surface area contributed by atoms with E-state index in [4.69, 9.17) is 46.1 Å². The lowest BCUT2D eigenvalue weighted by atomic mass is 9.97. The molecule has 3 aromatic rings. The lowest BCUT2D eigenvalue weighted by Crippen LogP contribution is -2.45. The standard InChI is InChI=1S/C28H30Cl2N4O3/c1-15-11-17(9-10-21(15)28(31)32-35)34-18-7-8-19(34)13-20(12-18)36-14-22-26(33-37-27(22)16-5-6-16)25-23(29)3-2-4-24(25)30/h2-4,9-11,16,18-20,35H,5-8,12-14H2,1H3,(H2,31,32)/t18-,19+,20?/i14D2. The second kappa shape index (κ2) is 9.86. The maximum absolute atomic E-state index is 9.09. The Balaban J connectivity index is 1.26. The van der Waals surface area contributed by atoms with Crippen LogP contribution < -0.4 is 10.6 Å². The van der Waals surface area contributed by atoms with Crippen LogP contribution in [0.5, 0.6) is 0 Å². The number of amidine groups is 1. The summed E-state index contributed by atoms with van der Waals surface area (Å²) >= 11 is 13.0. The summed E-state index contributed by atoms with van der Waals surface area (Å²) in [6.45, 7) is -0.191. The number of aromatic nitrogens is 1. The Morgan fingerprint density at radius 3 is 2.51 bits per heavy atom. The van der Waals surface area contributed by atoms with Crippen molar-refractivity contribution in [3.05, 3.63) is 68.9 Å². The number of oxime groups is 1. The van der Waals surface area contributed by atoms with Crippen molar-refractivity contribution in [1.29, 1.82) is 0 Å². The third-order valence-corrected chi connectivity index (χ3v) is 8.41. The topological polar surface area (TPSA) is 97.1 Å². The lowest BCUT2D eigenvalue weighted by molar-refractivity contribution is 0.0147. The van der Waals surface area contributed by atoms with Gasteiger partial charge in [0.15, 0.2) is 5.84 Å². The molecule has 0 amide bonds. The second-order valence-corrected chi connectivity index (χ2v) is 11.0. The summed E-state index contributed by atoms with van der Waals surface area (Å²) in [4.78, 5) is 2.42. The van der Waals surface area contributed by atoms with E-state index in [1.54, 1.807) is 18.2 Å². The quantitative estimate of drug-likeness (QED) is 0.150. The summed E-state index contributed by atoms with van der Waals surface area (Å²) in [6.07, 6.45) is 4.98. The van der Waals surface area contributed by atoms with Gasteiger partial charge in [0.25, 0.3) is 0 Å². The number of piperidine rings is 1. The first-order valence-electron chi connectivity index (χ1n) is 13.7. The van der Waals surface area contributed by atoms with Gasteiger partial charge in [-0.25, -0.2) is 0 Å². The number of hydrogen-bond donors (Lipinski definition) is 2. The van der Waals surface area contributed by atoms with Gasteiger partial charge in [0, 0.05) is 40.4 Å². The smallest absolute Gasteiger partial charge is 0.170 e. The third kappa shape index (κ3) is 4.58. The van der Waals surface area contributed by atoms with Crippen LogP contribution in [0.3, 0.4) is 0 Å². The van der Waals surface area contributed by atoms with Gasteiger partial charge in [-0.2, -0.15) is 0 Å². The van der Waals surface area contributed by atoms with E-state index in [0.29, 0.717) is 51.0 Å². The molecule has 1 aromatic heterocycles. The molecule has 9 heteroatoms. The predicted octanol–water partition coefficient (Wildman–Crippen LogP) is 6.65. The Morgan fingerprint density at radius 1 is 1.19 bits per heavy atom. The molecule has 2 bridgehead atoms. The van der Waals surface area contributed by atoms with E-state index >= 15 is 0 Å². The molecule has 3 fully saturated rings. The lowest BCUT2D eigenvalue weighted by Gasteiger charge is -2.40. The Bertz CT molecular complexity index is 1410. The predicted molar refractivity (Wildman–Crippen MR) is 145 cm³/mol. The SMILES string of the molecule is [2H]C([2H])(OC1C[C@H]2CC[C@@H](C1)N2c1ccc(/C(N)=N/O)c(C)c1)c1c(-c2c(Cl)cccc2Cl)noc1C1CC1. The Labute approximate surface area is 229 Å². The minimum atomic E-state index is -2.14. The molecule has 3 atom stereocenters. The van der Waals surface area contributed by atoms with Crippen molar-refractivity contribution in [2.75, 3.05) is 4.90 Å². The minimum absolute atomic E-state index is 0.0908. The van der Waals surface area contributed by atoms with Crippen LogP contribution in [-0.2, 0) is 11.3 Å². The van der Waals surface area contributed by atoms with Crippen LogP contribution >= 0.6 is 23.2 Å². The number of anilines is 1. The van der Waals surface area contributed by atoms with Gasteiger partial charge in [-0.1, -0.05) is 39.6 Å². The first-order valence-corrected chi connectivity index (χ1v) is 13.4. The summed E-state index contributed by atoms with van der Waals surface area (Å²) in [5, 5.41) is 17.2. The largest absolute Gasteiger partial charge is 0.409 e. The highest BCUT2D eigenvalue weighted by molar-refractivity contribution is 6.39. The van der Waals surface area contributed by atoms with Gasteiger partial charge in [-0.3, -0.25) is 0 Å². The summed E-state index contributed by atoms with van der Waals surface area (Å²) in [7, 11) is 0. The van der Waals surface area contributed by atoms with E-state index in [1.807, 2.05) is 19.1 Å². The van der Waals surface area contributed by atoms with Gasteiger partial charge in [0.1, 0.15) is 11.5 Å². The molecule has 2 aromatic carbocycles. The third-order valence-electron chi connectivity index (χ3n) is 7.78. The molecule has 3 aliphatic rings. The number of halogens is 2. The molecule has 0 radical (unpaired) electrons. The van der Waals surface area contributed by atoms with Crippen molar-refractivity contribution in [3.63, 3.8) is 0 Å². The normalized spacial score (nSPS) is 24.8. The number of fused-ring (bicyclic) bond motifs is 2. The van der Waals surface area contributed by atoms with Gasteiger partial charge in [0.05, 0.1) is 25.4 Å². The van der Waals surface area contributed by atoms with E-state index in [0.717, 1.165) is 36.9 Å². The van der Waals surface area contributed by atoms with Crippen molar-refractivity contribution < 1.29 is 17.2 Å². The Kier molecular flexibility index (Phi) is 5.93. The van der Waals surface area contributed by atoms with E-state index in [1.165, 1.54) is 0 Å². The maximum Gasteiger partial charge on any atom is 0.170 e. The fourth-order valence-corrected chi connectivity index (χ4v) is 6.43. The molecule has 1 unspecified atom stereocenters. The molecule has 6 rings (SSSR count). The maximum atomic E-state index is 9.09. The number of ether oxygens (including phenoxy) is 1. The molecule has 3 heterocycles. The van der Waals surface area contributed by atoms with Crippen molar-refractivity contribution >= 4 is 34.7 Å². The number of aryl methyl sites for hydroxylation is 1. The van der Waals surface area contributed by atoms with Crippen LogP contribution in [0, 0.1) is 6.92 Å². The second-order valence-electron chi connectivity index (χ2n) is 10.2. The number of rotatable bonds is 7. The molecular formula is C28H30Cl2N4O3. The molecule has 2 aliphatic heterocycles. The molecule has 1 saturated carbocycles. The summed E-state index contributed by atoms with van der Waals surface area (Å²) < 4.78 is 30.2. The number of benzene rings is 2. The molecule has 194 valence electrons. The fraction of sp³-hybridized carbons (Fsp3) is 0.429. The summed E-state index contributed by atoms with van der Waals surface area (Å²) in [6, 6.07) is 11.6.